The van der Waals surface area contributed by atoms with Crippen LogP contribution in [0.1, 0.15) is 5.56 Å². The summed E-state index contributed by atoms with van der Waals surface area (Å²) in [6.07, 6.45) is 0. The van der Waals surface area contributed by atoms with Gasteiger partial charge in [-0.2, -0.15) is 0 Å². The second kappa shape index (κ2) is 7.38. The number of halogens is 2. The summed E-state index contributed by atoms with van der Waals surface area (Å²) in [5.41, 5.74) is 1.23. The van der Waals surface area contributed by atoms with E-state index in [9.17, 15) is 4.79 Å². The number of hydrogen-bond acceptors (Lipinski definition) is 3. The Labute approximate surface area is 138 Å². The van der Waals surface area contributed by atoms with Crippen molar-refractivity contribution in [3.63, 3.8) is 0 Å². The van der Waals surface area contributed by atoms with Gasteiger partial charge in [0.2, 0.25) is 0 Å². The fourth-order valence-electron chi connectivity index (χ4n) is 1.77. The summed E-state index contributed by atoms with van der Waals surface area (Å²) < 4.78 is 10.4. The standard InChI is InChI=1S/C16H15Cl2NO3/c1-10-3-8-13(17)16(15(10)18)19-14(20)9-22-12-6-4-11(21-2)5-7-12/h3-8H,9H2,1-2H3,(H,19,20). The Hall–Kier alpha value is -1.91. The molecule has 0 aliphatic heterocycles. The van der Waals surface area contributed by atoms with E-state index in [0.717, 1.165) is 11.3 Å². The number of anilines is 1. The molecule has 0 aromatic heterocycles. The molecule has 0 fully saturated rings. The van der Waals surface area contributed by atoms with Crippen LogP contribution in [0.15, 0.2) is 36.4 Å². The highest BCUT2D eigenvalue weighted by molar-refractivity contribution is 6.40. The number of hydrogen-bond donors (Lipinski definition) is 1. The zero-order valence-electron chi connectivity index (χ0n) is 12.2. The normalized spacial score (nSPS) is 10.2. The monoisotopic (exact) mass is 339 g/mol. The maximum Gasteiger partial charge on any atom is 0.262 e. The van der Waals surface area contributed by atoms with Gasteiger partial charge in [0.25, 0.3) is 5.91 Å². The quantitative estimate of drug-likeness (QED) is 0.881. The third-order valence-corrected chi connectivity index (χ3v) is 3.78. The topological polar surface area (TPSA) is 47.6 Å². The molecule has 1 amide bonds. The molecule has 4 nitrogen and oxygen atoms in total. The van der Waals surface area contributed by atoms with Crippen LogP contribution in [0.5, 0.6) is 11.5 Å². The van der Waals surface area contributed by atoms with E-state index in [2.05, 4.69) is 5.32 Å². The molecule has 0 aliphatic carbocycles. The first-order valence-corrected chi connectivity index (χ1v) is 7.28. The number of benzene rings is 2. The molecule has 2 aromatic rings. The fourth-order valence-corrected chi connectivity index (χ4v) is 2.23. The summed E-state index contributed by atoms with van der Waals surface area (Å²) in [6, 6.07) is 10.4. The minimum atomic E-state index is -0.342. The molecule has 22 heavy (non-hydrogen) atoms. The first-order valence-electron chi connectivity index (χ1n) is 6.52. The molecule has 116 valence electrons. The van der Waals surface area contributed by atoms with Gasteiger partial charge in [-0.3, -0.25) is 4.79 Å². The Morgan fingerprint density at radius 1 is 1.09 bits per heavy atom. The number of carbonyl (C=O) groups is 1. The van der Waals surface area contributed by atoms with Gasteiger partial charge < -0.3 is 14.8 Å². The molecular weight excluding hydrogens is 325 g/mol. The summed E-state index contributed by atoms with van der Waals surface area (Å²) in [6.45, 7) is 1.69. The molecule has 0 spiro atoms. The number of aryl methyl sites for hydroxylation is 1. The van der Waals surface area contributed by atoms with Crippen molar-refractivity contribution in [1.29, 1.82) is 0 Å². The Morgan fingerprint density at radius 3 is 2.36 bits per heavy atom. The molecule has 6 heteroatoms. The summed E-state index contributed by atoms with van der Waals surface area (Å²) in [5, 5.41) is 3.46. The van der Waals surface area contributed by atoms with Gasteiger partial charge in [0, 0.05) is 0 Å². The lowest BCUT2D eigenvalue weighted by molar-refractivity contribution is -0.118. The average molecular weight is 340 g/mol. The molecule has 0 saturated carbocycles. The molecule has 0 radical (unpaired) electrons. The van der Waals surface area contributed by atoms with E-state index in [1.54, 1.807) is 43.5 Å². The van der Waals surface area contributed by atoms with Crippen LogP contribution in [0.3, 0.4) is 0 Å². The highest BCUT2D eigenvalue weighted by Crippen LogP contribution is 2.32. The fraction of sp³-hybridized carbons (Fsp3) is 0.188. The lowest BCUT2D eigenvalue weighted by atomic mass is 10.2. The predicted octanol–water partition coefficient (Wildman–Crippen LogP) is 4.33. The molecule has 0 atom stereocenters. The summed E-state index contributed by atoms with van der Waals surface area (Å²) >= 11 is 12.2. The zero-order valence-corrected chi connectivity index (χ0v) is 13.7. The molecule has 2 aromatic carbocycles. The van der Waals surface area contributed by atoms with Crippen molar-refractivity contribution in [2.75, 3.05) is 19.0 Å². The Balaban J connectivity index is 1.97. The van der Waals surface area contributed by atoms with E-state index in [1.807, 2.05) is 6.92 Å². The maximum absolute atomic E-state index is 11.9. The smallest absolute Gasteiger partial charge is 0.262 e. The summed E-state index contributed by atoms with van der Waals surface area (Å²) in [4.78, 5) is 11.9. The van der Waals surface area contributed by atoms with Crippen LogP contribution in [0, 0.1) is 6.92 Å². The van der Waals surface area contributed by atoms with Crippen molar-refractivity contribution in [1.82, 2.24) is 0 Å². The molecule has 0 saturated heterocycles. The SMILES string of the molecule is COc1ccc(OCC(=O)Nc2c(Cl)ccc(C)c2Cl)cc1. The van der Waals surface area contributed by atoms with Gasteiger partial charge in [-0.1, -0.05) is 29.3 Å². The largest absolute Gasteiger partial charge is 0.497 e. The van der Waals surface area contributed by atoms with Crippen LogP contribution in [0.4, 0.5) is 5.69 Å². The van der Waals surface area contributed by atoms with E-state index in [1.165, 1.54) is 0 Å². The first kappa shape index (κ1) is 16.5. The summed E-state index contributed by atoms with van der Waals surface area (Å²) in [5.74, 6) is 0.942. The highest BCUT2D eigenvalue weighted by Gasteiger charge is 2.12. The van der Waals surface area contributed by atoms with Gasteiger partial charge in [0.15, 0.2) is 6.61 Å². The maximum atomic E-state index is 11.9. The van der Waals surface area contributed by atoms with Crippen LogP contribution in [-0.4, -0.2) is 19.6 Å². The second-order valence-electron chi connectivity index (χ2n) is 4.57. The third-order valence-electron chi connectivity index (χ3n) is 2.98. The molecule has 0 bridgehead atoms. The molecule has 0 heterocycles. The Morgan fingerprint density at radius 2 is 1.73 bits per heavy atom. The molecule has 0 aliphatic rings. The minimum Gasteiger partial charge on any atom is -0.497 e. The summed E-state index contributed by atoms with van der Waals surface area (Å²) in [7, 11) is 1.58. The van der Waals surface area contributed by atoms with Crippen molar-refractivity contribution in [2.45, 2.75) is 6.92 Å². The van der Waals surface area contributed by atoms with Crippen LogP contribution >= 0.6 is 23.2 Å². The van der Waals surface area contributed by atoms with Gasteiger partial charge in [-0.25, -0.2) is 0 Å². The van der Waals surface area contributed by atoms with Gasteiger partial charge >= 0.3 is 0 Å². The minimum absolute atomic E-state index is 0.146. The van der Waals surface area contributed by atoms with Crippen molar-refractivity contribution in [3.8, 4) is 11.5 Å². The molecule has 2 rings (SSSR count). The van der Waals surface area contributed by atoms with Crippen molar-refractivity contribution in [2.24, 2.45) is 0 Å². The van der Waals surface area contributed by atoms with Crippen LogP contribution < -0.4 is 14.8 Å². The lowest BCUT2D eigenvalue weighted by Gasteiger charge is -2.12. The van der Waals surface area contributed by atoms with Gasteiger partial charge in [0.05, 0.1) is 22.8 Å². The van der Waals surface area contributed by atoms with Crippen LogP contribution in [-0.2, 0) is 4.79 Å². The number of amides is 1. The van der Waals surface area contributed by atoms with Crippen molar-refractivity contribution in [3.05, 3.63) is 52.0 Å². The Kier molecular flexibility index (Phi) is 5.52. The van der Waals surface area contributed by atoms with Crippen LogP contribution in [0.25, 0.3) is 0 Å². The van der Waals surface area contributed by atoms with Gasteiger partial charge in [-0.15, -0.1) is 0 Å². The van der Waals surface area contributed by atoms with Crippen LogP contribution in [0.2, 0.25) is 10.0 Å². The zero-order chi connectivity index (χ0) is 16.1. The number of nitrogens with one attached hydrogen (secondary N) is 1. The molecule has 1 N–H and O–H groups in total. The lowest BCUT2D eigenvalue weighted by Crippen LogP contribution is -2.20. The third kappa shape index (κ3) is 4.06. The van der Waals surface area contributed by atoms with Gasteiger partial charge in [0.1, 0.15) is 11.5 Å². The van der Waals surface area contributed by atoms with E-state index in [0.29, 0.717) is 21.5 Å². The Bertz CT molecular complexity index is 672. The van der Waals surface area contributed by atoms with E-state index in [4.69, 9.17) is 32.7 Å². The number of carbonyl (C=O) groups excluding carboxylic acids is 1. The predicted molar refractivity (Wildman–Crippen MR) is 88.3 cm³/mol. The molecular formula is C16H15Cl2NO3. The number of ether oxygens (including phenoxy) is 2. The number of rotatable bonds is 5. The van der Waals surface area contributed by atoms with Crippen molar-refractivity contribution >= 4 is 34.8 Å². The first-order chi connectivity index (χ1) is 10.5. The van der Waals surface area contributed by atoms with E-state index < -0.39 is 0 Å². The molecule has 0 unspecified atom stereocenters. The average Bonchev–Trinajstić information content (AvgIpc) is 2.53. The van der Waals surface area contributed by atoms with Crippen molar-refractivity contribution < 1.29 is 14.3 Å². The van der Waals surface area contributed by atoms with E-state index in [-0.39, 0.29) is 12.5 Å². The van der Waals surface area contributed by atoms with E-state index >= 15 is 0 Å². The van der Waals surface area contributed by atoms with Gasteiger partial charge in [-0.05, 0) is 42.8 Å². The highest BCUT2D eigenvalue weighted by atomic mass is 35.5. The number of methoxy groups -OCH3 is 1. The second-order valence-corrected chi connectivity index (χ2v) is 5.35.